The summed E-state index contributed by atoms with van der Waals surface area (Å²) >= 11 is 0. The van der Waals surface area contributed by atoms with Gasteiger partial charge in [-0.3, -0.25) is 9.59 Å². The number of benzene rings is 1. The van der Waals surface area contributed by atoms with Crippen molar-refractivity contribution in [3.63, 3.8) is 0 Å². The van der Waals surface area contributed by atoms with Crippen molar-refractivity contribution in [2.45, 2.75) is 12.8 Å². The zero-order chi connectivity index (χ0) is 16.9. The Bertz CT molecular complexity index is 704. The summed E-state index contributed by atoms with van der Waals surface area (Å²) in [5.74, 6) is 0.386. The van der Waals surface area contributed by atoms with Crippen LogP contribution >= 0.6 is 0 Å². The first-order valence-electron chi connectivity index (χ1n) is 8.11. The highest BCUT2D eigenvalue weighted by Crippen LogP contribution is 2.20. The third kappa shape index (κ3) is 3.65. The highest BCUT2D eigenvalue weighted by molar-refractivity contribution is 6.03. The molecule has 0 saturated carbocycles. The van der Waals surface area contributed by atoms with Crippen LogP contribution in [0.1, 0.15) is 33.8 Å². The third-order valence-electron chi connectivity index (χ3n) is 4.35. The highest BCUT2D eigenvalue weighted by atomic mass is 16.3. The van der Waals surface area contributed by atoms with Crippen LogP contribution in [0.5, 0.6) is 0 Å². The lowest BCUT2D eigenvalue weighted by Gasteiger charge is -2.31. The average Bonchev–Trinajstić information content (AvgIpc) is 3.16. The van der Waals surface area contributed by atoms with Gasteiger partial charge in [0, 0.05) is 24.3 Å². The largest absolute Gasteiger partial charge is 0.459 e. The number of nitrogens with zero attached hydrogens (tertiary/aromatic N) is 1. The first-order valence-corrected chi connectivity index (χ1v) is 8.11. The molecule has 1 aliphatic heterocycles. The Morgan fingerprint density at radius 3 is 2.67 bits per heavy atom. The van der Waals surface area contributed by atoms with Crippen LogP contribution in [0.3, 0.4) is 0 Å². The fourth-order valence-corrected chi connectivity index (χ4v) is 2.88. The van der Waals surface area contributed by atoms with Gasteiger partial charge in [-0.1, -0.05) is 6.07 Å². The molecule has 0 spiro atoms. The minimum atomic E-state index is -0.339. The molecular formula is C18H21N3O3. The van der Waals surface area contributed by atoms with Crippen molar-refractivity contribution < 1.29 is 14.0 Å². The van der Waals surface area contributed by atoms with Crippen LogP contribution in [-0.2, 0) is 0 Å². The quantitative estimate of drug-likeness (QED) is 0.902. The van der Waals surface area contributed by atoms with E-state index in [9.17, 15) is 9.59 Å². The number of nitrogens with two attached hydrogens (primary N) is 1. The molecule has 0 aliphatic carbocycles. The summed E-state index contributed by atoms with van der Waals surface area (Å²) in [4.78, 5) is 26.5. The number of nitrogens with one attached hydrogen (secondary N) is 1. The second-order valence-corrected chi connectivity index (χ2v) is 5.98. The fourth-order valence-electron chi connectivity index (χ4n) is 2.88. The Balaban J connectivity index is 1.66. The summed E-state index contributed by atoms with van der Waals surface area (Å²) < 4.78 is 5.06. The number of carbonyl (C=O) groups is 2. The lowest BCUT2D eigenvalue weighted by molar-refractivity contribution is 0.0693. The molecule has 24 heavy (non-hydrogen) atoms. The van der Waals surface area contributed by atoms with E-state index < -0.39 is 0 Å². The normalized spacial score (nSPS) is 15.3. The molecule has 6 nitrogen and oxygen atoms in total. The fraction of sp³-hybridized carbons (Fsp3) is 0.333. The molecule has 1 fully saturated rings. The van der Waals surface area contributed by atoms with E-state index in [0.717, 1.165) is 25.9 Å². The highest BCUT2D eigenvalue weighted by Gasteiger charge is 2.23. The molecule has 6 heteroatoms. The first kappa shape index (κ1) is 16.3. The average molecular weight is 327 g/mol. The molecule has 3 N–H and O–H groups in total. The second-order valence-electron chi connectivity index (χ2n) is 5.98. The number of hydrogen-bond donors (Lipinski definition) is 2. The zero-order valence-corrected chi connectivity index (χ0v) is 13.4. The molecule has 3 rings (SSSR count). The Labute approximate surface area is 140 Å². The van der Waals surface area contributed by atoms with Crippen LogP contribution in [-0.4, -0.2) is 36.3 Å². The lowest BCUT2D eigenvalue weighted by Crippen LogP contribution is -2.40. The van der Waals surface area contributed by atoms with Crippen LogP contribution in [0.2, 0.25) is 0 Å². The lowest BCUT2D eigenvalue weighted by atomic mass is 9.96. The standard InChI is InChI=1S/C18H21N3O3/c19-12-13-6-8-21(9-7-13)18(23)14-3-1-4-15(11-14)20-17(22)16-5-2-10-24-16/h1-5,10-11,13H,6-9,12,19H2,(H,20,22). The number of carbonyl (C=O) groups excluding carboxylic acids is 2. The molecule has 2 amide bonds. The summed E-state index contributed by atoms with van der Waals surface area (Å²) in [5, 5.41) is 2.74. The number of furan rings is 1. The van der Waals surface area contributed by atoms with Crippen molar-refractivity contribution in [3.05, 3.63) is 54.0 Å². The van der Waals surface area contributed by atoms with Gasteiger partial charge in [-0.05, 0) is 55.6 Å². The second kappa shape index (κ2) is 7.31. The smallest absolute Gasteiger partial charge is 0.291 e. The molecular weight excluding hydrogens is 306 g/mol. The van der Waals surface area contributed by atoms with E-state index in [1.807, 2.05) is 4.90 Å². The first-order chi connectivity index (χ1) is 11.7. The predicted octanol–water partition coefficient (Wildman–Crippen LogP) is 2.34. The van der Waals surface area contributed by atoms with Crippen LogP contribution < -0.4 is 11.1 Å². The van der Waals surface area contributed by atoms with Gasteiger partial charge in [-0.25, -0.2) is 0 Å². The van der Waals surface area contributed by atoms with Crippen LogP contribution in [0, 0.1) is 5.92 Å². The van der Waals surface area contributed by atoms with E-state index in [-0.39, 0.29) is 17.6 Å². The summed E-state index contributed by atoms with van der Waals surface area (Å²) in [6.07, 6.45) is 3.33. The molecule has 126 valence electrons. The molecule has 1 aromatic heterocycles. The van der Waals surface area contributed by atoms with Gasteiger partial charge >= 0.3 is 0 Å². The van der Waals surface area contributed by atoms with E-state index in [2.05, 4.69) is 5.32 Å². The monoisotopic (exact) mass is 327 g/mol. The van der Waals surface area contributed by atoms with Gasteiger partial charge in [0.2, 0.25) is 0 Å². The van der Waals surface area contributed by atoms with Crippen molar-refractivity contribution in [1.29, 1.82) is 0 Å². The number of likely N-dealkylation sites (tertiary alicyclic amines) is 1. The van der Waals surface area contributed by atoms with E-state index in [1.165, 1.54) is 6.26 Å². The topological polar surface area (TPSA) is 88.6 Å². The van der Waals surface area contributed by atoms with Crippen LogP contribution in [0.4, 0.5) is 5.69 Å². The minimum Gasteiger partial charge on any atom is -0.459 e. The maximum atomic E-state index is 12.6. The van der Waals surface area contributed by atoms with Gasteiger partial charge in [0.05, 0.1) is 6.26 Å². The van der Waals surface area contributed by atoms with Crippen molar-refractivity contribution in [1.82, 2.24) is 4.90 Å². The van der Waals surface area contributed by atoms with E-state index in [1.54, 1.807) is 36.4 Å². The van der Waals surface area contributed by atoms with Gasteiger partial charge in [0.1, 0.15) is 0 Å². The number of amides is 2. The molecule has 2 heterocycles. The Morgan fingerprint density at radius 1 is 1.21 bits per heavy atom. The number of piperidine rings is 1. The van der Waals surface area contributed by atoms with Crippen molar-refractivity contribution >= 4 is 17.5 Å². The van der Waals surface area contributed by atoms with Gasteiger partial charge in [-0.2, -0.15) is 0 Å². The Morgan fingerprint density at radius 2 is 2.00 bits per heavy atom. The summed E-state index contributed by atoms with van der Waals surface area (Å²) in [7, 11) is 0. The molecule has 1 aliphatic rings. The van der Waals surface area contributed by atoms with Gasteiger partial charge in [0.25, 0.3) is 11.8 Å². The van der Waals surface area contributed by atoms with Gasteiger partial charge < -0.3 is 20.4 Å². The minimum absolute atomic E-state index is 0.0143. The van der Waals surface area contributed by atoms with Crippen LogP contribution in [0.25, 0.3) is 0 Å². The zero-order valence-electron chi connectivity index (χ0n) is 13.4. The Hall–Kier alpha value is -2.60. The van der Waals surface area contributed by atoms with E-state index >= 15 is 0 Å². The Kier molecular flexibility index (Phi) is 4.96. The van der Waals surface area contributed by atoms with Crippen molar-refractivity contribution in [2.75, 3.05) is 25.0 Å². The van der Waals surface area contributed by atoms with Crippen molar-refractivity contribution in [2.24, 2.45) is 11.7 Å². The molecule has 1 saturated heterocycles. The molecule has 0 bridgehead atoms. The summed E-state index contributed by atoms with van der Waals surface area (Å²) in [6, 6.07) is 10.2. The number of anilines is 1. The SMILES string of the molecule is NCC1CCN(C(=O)c2cccc(NC(=O)c3ccco3)c2)CC1. The van der Waals surface area contributed by atoms with Gasteiger partial charge in [0.15, 0.2) is 5.76 Å². The van der Waals surface area contributed by atoms with Gasteiger partial charge in [-0.15, -0.1) is 0 Å². The van der Waals surface area contributed by atoms with E-state index in [0.29, 0.717) is 23.7 Å². The maximum Gasteiger partial charge on any atom is 0.291 e. The number of rotatable bonds is 4. The maximum absolute atomic E-state index is 12.6. The molecule has 1 aromatic carbocycles. The van der Waals surface area contributed by atoms with Crippen LogP contribution in [0.15, 0.2) is 47.1 Å². The molecule has 0 unspecified atom stereocenters. The molecule has 0 atom stereocenters. The van der Waals surface area contributed by atoms with Crippen molar-refractivity contribution in [3.8, 4) is 0 Å². The summed E-state index contributed by atoms with van der Waals surface area (Å²) in [6.45, 7) is 2.13. The molecule has 2 aromatic rings. The number of hydrogen-bond acceptors (Lipinski definition) is 4. The molecule has 0 radical (unpaired) electrons. The predicted molar refractivity (Wildman–Crippen MR) is 90.8 cm³/mol. The summed E-state index contributed by atoms with van der Waals surface area (Å²) in [5.41, 5.74) is 6.83. The van der Waals surface area contributed by atoms with E-state index in [4.69, 9.17) is 10.2 Å². The third-order valence-corrected chi connectivity index (χ3v) is 4.35.